The second-order valence-electron chi connectivity index (χ2n) is 9.93. The molecular formula is C30H38N6O2. The first-order chi connectivity index (χ1) is 18.7. The number of piperidine rings is 2. The van der Waals surface area contributed by atoms with Crippen LogP contribution >= 0.6 is 0 Å². The molecule has 8 heteroatoms. The molecule has 2 aliphatic heterocycles. The Morgan fingerprint density at radius 1 is 0.816 bits per heavy atom. The van der Waals surface area contributed by atoms with E-state index < -0.39 is 0 Å². The first kappa shape index (κ1) is 25.8. The summed E-state index contributed by atoms with van der Waals surface area (Å²) < 4.78 is 11.8. The number of hydrogen-bond acceptors (Lipinski definition) is 8. The molecule has 2 aromatic carbocycles. The van der Waals surface area contributed by atoms with Gasteiger partial charge < -0.3 is 19.3 Å². The monoisotopic (exact) mass is 514 g/mol. The zero-order valence-corrected chi connectivity index (χ0v) is 22.3. The maximum absolute atomic E-state index is 6.01. The van der Waals surface area contributed by atoms with Crippen molar-refractivity contribution in [2.45, 2.75) is 45.4 Å². The number of ether oxygens (including phenoxy) is 2. The number of rotatable bonds is 10. The van der Waals surface area contributed by atoms with Crippen LogP contribution in [0.1, 0.15) is 49.7 Å². The van der Waals surface area contributed by atoms with Crippen LogP contribution in [0.15, 0.2) is 59.7 Å². The number of hydrazone groups is 1. The Balaban J connectivity index is 1.23. The van der Waals surface area contributed by atoms with E-state index in [2.05, 4.69) is 33.3 Å². The number of anilines is 3. The normalized spacial score (nSPS) is 16.0. The van der Waals surface area contributed by atoms with Crippen molar-refractivity contribution >= 4 is 23.8 Å². The maximum Gasteiger partial charge on any atom is 0.229 e. The summed E-state index contributed by atoms with van der Waals surface area (Å²) in [5.41, 5.74) is 5.22. The topological polar surface area (TPSA) is 75.1 Å². The molecule has 8 nitrogen and oxygen atoms in total. The van der Waals surface area contributed by atoms with Crippen LogP contribution in [0.3, 0.4) is 0 Å². The molecule has 0 aliphatic carbocycles. The van der Waals surface area contributed by atoms with Gasteiger partial charge in [0.15, 0.2) is 5.82 Å². The Kier molecular flexibility index (Phi) is 8.92. The molecule has 1 N–H and O–H groups in total. The van der Waals surface area contributed by atoms with Gasteiger partial charge in [-0.3, -0.25) is 5.43 Å². The summed E-state index contributed by atoms with van der Waals surface area (Å²) >= 11 is 0. The molecule has 3 aromatic rings. The molecule has 0 spiro atoms. The van der Waals surface area contributed by atoms with Gasteiger partial charge >= 0.3 is 0 Å². The average molecular weight is 515 g/mol. The van der Waals surface area contributed by atoms with Crippen LogP contribution in [0.25, 0.3) is 0 Å². The molecular weight excluding hydrogens is 476 g/mol. The third kappa shape index (κ3) is 7.15. The lowest BCUT2D eigenvalue weighted by molar-refractivity contribution is 0.217. The van der Waals surface area contributed by atoms with Crippen LogP contribution in [0.2, 0.25) is 0 Å². The highest BCUT2D eigenvalue weighted by Gasteiger charge is 2.19. The van der Waals surface area contributed by atoms with Crippen molar-refractivity contribution in [2.24, 2.45) is 5.10 Å². The third-order valence-electron chi connectivity index (χ3n) is 6.92. The van der Waals surface area contributed by atoms with E-state index in [-0.39, 0.29) is 0 Å². The minimum absolute atomic E-state index is 0.441. The number of para-hydroxylation sites is 1. The van der Waals surface area contributed by atoms with Crippen molar-refractivity contribution < 1.29 is 9.47 Å². The van der Waals surface area contributed by atoms with Crippen LogP contribution in [0.5, 0.6) is 11.5 Å². The minimum Gasteiger partial charge on any atom is -0.490 e. The zero-order valence-electron chi connectivity index (χ0n) is 22.3. The fourth-order valence-electron chi connectivity index (χ4n) is 4.90. The Hall–Kier alpha value is -3.81. The number of aromatic nitrogens is 2. The summed E-state index contributed by atoms with van der Waals surface area (Å²) in [6.07, 6.45) is 9.12. The molecule has 0 unspecified atom stereocenters. The van der Waals surface area contributed by atoms with Gasteiger partial charge in [0.05, 0.1) is 6.21 Å². The summed E-state index contributed by atoms with van der Waals surface area (Å²) in [5.74, 6) is 4.10. The molecule has 3 heterocycles. The lowest BCUT2D eigenvalue weighted by Crippen LogP contribution is -2.33. The number of nitrogens with one attached hydrogen (secondary N) is 1. The van der Waals surface area contributed by atoms with Gasteiger partial charge in [0.25, 0.3) is 0 Å². The molecule has 2 aliphatic rings. The Bertz CT molecular complexity index is 1170. The maximum atomic E-state index is 6.01. The highest BCUT2D eigenvalue weighted by molar-refractivity contribution is 5.84. The number of benzene rings is 2. The third-order valence-corrected chi connectivity index (χ3v) is 6.92. The van der Waals surface area contributed by atoms with E-state index in [1.165, 1.54) is 44.1 Å². The quantitative estimate of drug-likeness (QED) is 0.212. The van der Waals surface area contributed by atoms with Crippen LogP contribution in [0.4, 0.5) is 17.6 Å². The Labute approximate surface area is 225 Å². The van der Waals surface area contributed by atoms with Gasteiger partial charge in [-0.2, -0.15) is 15.1 Å². The second-order valence-corrected chi connectivity index (χ2v) is 9.93. The van der Waals surface area contributed by atoms with E-state index in [0.29, 0.717) is 19.0 Å². The zero-order chi connectivity index (χ0) is 26.0. The first-order valence-corrected chi connectivity index (χ1v) is 13.8. The highest BCUT2D eigenvalue weighted by atomic mass is 16.5. The number of hydrogen-bond donors (Lipinski definition) is 1. The Morgan fingerprint density at radius 3 is 2.34 bits per heavy atom. The molecule has 0 radical (unpaired) electrons. The van der Waals surface area contributed by atoms with E-state index in [1.54, 1.807) is 6.21 Å². The molecule has 0 atom stereocenters. The predicted octanol–water partition coefficient (Wildman–Crippen LogP) is 5.67. The molecule has 0 bridgehead atoms. The summed E-state index contributed by atoms with van der Waals surface area (Å²) in [4.78, 5) is 14.4. The molecule has 0 amide bonds. The van der Waals surface area contributed by atoms with Crippen LogP contribution in [-0.4, -0.2) is 55.6 Å². The van der Waals surface area contributed by atoms with E-state index in [1.807, 2.05) is 48.5 Å². The fourth-order valence-corrected chi connectivity index (χ4v) is 4.90. The molecule has 200 valence electrons. The van der Waals surface area contributed by atoms with Crippen molar-refractivity contribution in [1.82, 2.24) is 9.97 Å². The van der Waals surface area contributed by atoms with Gasteiger partial charge in [-0.1, -0.05) is 24.3 Å². The van der Waals surface area contributed by atoms with Gasteiger partial charge in [0.1, 0.15) is 30.5 Å². The number of aryl methyl sites for hydroxylation is 1. The predicted molar refractivity (Wildman–Crippen MR) is 154 cm³/mol. The fraction of sp³-hybridized carbons (Fsp3) is 0.433. The lowest BCUT2D eigenvalue weighted by atomic mass is 10.1. The van der Waals surface area contributed by atoms with E-state index in [0.717, 1.165) is 55.0 Å². The van der Waals surface area contributed by atoms with Crippen molar-refractivity contribution in [3.05, 3.63) is 65.7 Å². The van der Waals surface area contributed by atoms with E-state index >= 15 is 0 Å². The van der Waals surface area contributed by atoms with E-state index in [4.69, 9.17) is 19.4 Å². The molecule has 1 aromatic heterocycles. The summed E-state index contributed by atoms with van der Waals surface area (Å²) in [6, 6.07) is 17.9. The Morgan fingerprint density at radius 2 is 1.55 bits per heavy atom. The van der Waals surface area contributed by atoms with Gasteiger partial charge in [0.2, 0.25) is 5.95 Å². The lowest BCUT2D eigenvalue weighted by Gasteiger charge is -2.31. The van der Waals surface area contributed by atoms with Crippen molar-refractivity contribution in [1.29, 1.82) is 0 Å². The second kappa shape index (κ2) is 13.1. The summed E-state index contributed by atoms with van der Waals surface area (Å²) in [7, 11) is 0. The van der Waals surface area contributed by atoms with Crippen molar-refractivity contribution in [3.8, 4) is 11.5 Å². The van der Waals surface area contributed by atoms with Crippen LogP contribution < -0.4 is 24.7 Å². The van der Waals surface area contributed by atoms with Crippen molar-refractivity contribution in [3.63, 3.8) is 0 Å². The smallest absolute Gasteiger partial charge is 0.229 e. The van der Waals surface area contributed by atoms with Gasteiger partial charge in [-0.25, -0.2) is 0 Å². The molecule has 5 rings (SSSR count). The largest absolute Gasteiger partial charge is 0.490 e. The van der Waals surface area contributed by atoms with Gasteiger partial charge in [-0.15, -0.1) is 0 Å². The standard InChI is InChI=1S/C30H38N6O2/c1-24-11-10-13-26(21-24)37-19-20-38-27-14-5-4-12-25(27)23-31-34-28-22-29(35-15-6-2-7-16-35)33-30(32-28)36-17-8-3-9-18-36/h4-5,10-14,21-23H,2-3,6-9,15-20H2,1H3,(H,32,33,34). The van der Waals surface area contributed by atoms with Gasteiger partial charge in [-0.05, 0) is 75.3 Å². The van der Waals surface area contributed by atoms with Crippen LogP contribution in [0, 0.1) is 6.92 Å². The molecule has 0 saturated carbocycles. The van der Waals surface area contributed by atoms with Crippen LogP contribution in [-0.2, 0) is 0 Å². The minimum atomic E-state index is 0.441. The highest BCUT2D eigenvalue weighted by Crippen LogP contribution is 2.25. The summed E-state index contributed by atoms with van der Waals surface area (Å²) in [5, 5.41) is 4.52. The van der Waals surface area contributed by atoms with Gasteiger partial charge in [0, 0.05) is 37.8 Å². The molecule has 2 fully saturated rings. The SMILES string of the molecule is Cc1cccc(OCCOc2ccccc2C=NNc2cc(N3CCCCC3)nc(N3CCCCC3)n2)c1. The first-order valence-electron chi connectivity index (χ1n) is 13.8. The van der Waals surface area contributed by atoms with Crippen molar-refractivity contribution in [2.75, 3.05) is 54.6 Å². The van der Waals surface area contributed by atoms with E-state index in [9.17, 15) is 0 Å². The average Bonchev–Trinajstić information content (AvgIpc) is 2.97. The number of nitrogens with zero attached hydrogens (tertiary/aromatic N) is 5. The molecule has 38 heavy (non-hydrogen) atoms. The molecule has 2 saturated heterocycles. The summed E-state index contributed by atoms with van der Waals surface area (Å²) in [6.45, 7) is 7.05.